The van der Waals surface area contributed by atoms with E-state index in [0.29, 0.717) is 6.42 Å². The van der Waals surface area contributed by atoms with Crippen LogP contribution >= 0.6 is 0 Å². The van der Waals surface area contributed by atoms with Crippen LogP contribution < -0.4 is 0 Å². The summed E-state index contributed by atoms with van der Waals surface area (Å²) in [4.78, 5) is 0. The van der Waals surface area contributed by atoms with Gasteiger partial charge in [0.25, 0.3) is 0 Å². The number of hydrogen-bond acceptors (Lipinski definition) is 2. The minimum absolute atomic E-state index is 0. The van der Waals surface area contributed by atoms with Crippen molar-refractivity contribution in [3.63, 3.8) is 0 Å². The Bertz CT molecular complexity index is 66.6. The Hall–Kier alpha value is 0.790. The first-order chi connectivity index (χ1) is 4.16. The zero-order valence-electron chi connectivity index (χ0n) is 6.75. The molecule has 2 N–H and O–H groups in total. The fourth-order valence-corrected chi connectivity index (χ4v) is 0.845. The van der Waals surface area contributed by atoms with Gasteiger partial charge in [0.2, 0.25) is 0 Å². The van der Waals surface area contributed by atoms with Crippen molar-refractivity contribution in [2.75, 3.05) is 0 Å². The Morgan fingerprint density at radius 2 is 1.80 bits per heavy atom. The van der Waals surface area contributed by atoms with Crippen LogP contribution in [-0.4, -0.2) is 22.4 Å². The monoisotopic (exact) mass is 177 g/mol. The number of aliphatic hydroxyl groups is 2. The third-order valence-corrected chi connectivity index (χ3v) is 1.24. The Labute approximate surface area is 81.4 Å². The van der Waals surface area contributed by atoms with Crippen LogP contribution in [0.3, 0.4) is 0 Å². The molecule has 0 fully saturated rings. The number of hydrogen-bond donors (Lipinski definition) is 2. The van der Waals surface area contributed by atoms with E-state index in [1.165, 1.54) is 0 Å². The van der Waals surface area contributed by atoms with Crippen LogP contribution in [-0.2, 0) is 25.8 Å². The molecule has 10 heavy (non-hydrogen) atoms. The summed E-state index contributed by atoms with van der Waals surface area (Å²) in [5.74, 6) is 0. The molecular formula is C7H16O2Sc. The van der Waals surface area contributed by atoms with E-state index in [1.807, 2.05) is 6.92 Å². The SMILES string of the molecule is CCCC(O)CC(C)O.[Sc]. The fraction of sp³-hybridized carbons (Fsp3) is 1.00. The smallest absolute Gasteiger partial charge is 0.0564 e. The van der Waals surface area contributed by atoms with Crippen LogP contribution in [0, 0.1) is 0 Å². The first-order valence-corrected chi connectivity index (χ1v) is 3.53. The second-order valence-electron chi connectivity index (χ2n) is 2.53. The van der Waals surface area contributed by atoms with Gasteiger partial charge in [-0.15, -0.1) is 0 Å². The summed E-state index contributed by atoms with van der Waals surface area (Å²) >= 11 is 0. The molecule has 0 aromatic rings. The summed E-state index contributed by atoms with van der Waals surface area (Å²) in [5.41, 5.74) is 0. The van der Waals surface area contributed by atoms with Crippen molar-refractivity contribution in [3.8, 4) is 0 Å². The van der Waals surface area contributed by atoms with Crippen LogP contribution in [0.2, 0.25) is 0 Å². The van der Waals surface area contributed by atoms with Crippen molar-refractivity contribution >= 4 is 0 Å². The van der Waals surface area contributed by atoms with Gasteiger partial charge < -0.3 is 10.2 Å². The van der Waals surface area contributed by atoms with Crippen LogP contribution in [0.5, 0.6) is 0 Å². The molecule has 0 aliphatic heterocycles. The Kier molecular flexibility index (Phi) is 10.6. The molecule has 0 spiro atoms. The van der Waals surface area contributed by atoms with Gasteiger partial charge >= 0.3 is 0 Å². The second-order valence-corrected chi connectivity index (χ2v) is 2.53. The molecule has 0 heterocycles. The molecule has 1 radical (unpaired) electrons. The predicted molar refractivity (Wildman–Crippen MR) is 37.2 cm³/mol. The minimum Gasteiger partial charge on any atom is -0.393 e. The number of rotatable bonds is 4. The van der Waals surface area contributed by atoms with Gasteiger partial charge in [-0.25, -0.2) is 0 Å². The van der Waals surface area contributed by atoms with Gasteiger partial charge in [0, 0.05) is 25.8 Å². The van der Waals surface area contributed by atoms with Gasteiger partial charge in [-0.3, -0.25) is 0 Å². The van der Waals surface area contributed by atoms with Crippen molar-refractivity contribution in [3.05, 3.63) is 0 Å². The summed E-state index contributed by atoms with van der Waals surface area (Å²) in [6.45, 7) is 3.71. The Morgan fingerprint density at radius 1 is 1.30 bits per heavy atom. The zero-order chi connectivity index (χ0) is 7.28. The number of aliphatic hydroxyl groups excluding tert-OH is 2. The van der Waals surface area contributed by atoms with Crippen molar-refractivity contribution in [1.29, 1.82) is 0 Å². The molecule has 2 unspecified atom stereocenters. The van der Waals surface area contributed by atoms with E-state index in [2.05, 4.69) is 0 Å². The first kappa shape index (κ1) is 13.4. The molecule has 0 aromatic heterocycles. The average Bonchev–Trinajstić information content (AvgIpc) is 1.63. The quantitative estimate of drug-likeness (QED) is 0.670. The van der Waals surface area contributed by atoms with Crippen molar-refractivity contribution in [2.45, 2.75) is 45.3 Å². The molecule has 59 valence electrons. The van der Waals surface area contributed by atoms with E-state index in [9.17, 15) is 0 Å². The fourth-order valence-electron chi connectivity index (χ4n) is 0.845. The summed E-state index contributed by atoms with van der Waals surface area (Å²) in [6, 6.07) is 0. The normalized spacial score (nSPS) is 15.6. The second kappa shape index (κ2) is 7.89. The Morgan fingerprint density at radius 3 is 2.10 bits per heavy atom. The largest absolute Gasteiger partial charge is 0.393 e. The average molecular weight is 177 g/mol. The summed E-state index contributed by atoms with van der Waals surface area (Å²) in [5, 5.41) is 17.8. The van der Waals surface area contributed by atoms with Crippen LogP contribution in [0.4, 0.5) is 0 Å². The molecule has 0 aliphatic carbocycles. The Balaban J connectivity index is 0. The molecule has 0 aromatic carbocycles. The van der Waals surface area contributed by atoms with Crippen LogP contribution in [0.25, 0.3) is 0 Å². The molecule has 0 bridgehead atoms. The maximum Gasteiger partial charge on any atom is 0.0564 e. The third-order valence-electron chi connectivity index (χ3n) is 1.24. The van der Waals surface area contributed by atoms with E-state index in [1.54, 1.807) is 6.92 Å². The maximum absolute atomic E-state index is 9.06. The van der Waals surface area contributed by atoms with E-state index >= 15 is 0 Å². The molecule has 0 amide bonds. The van der Waals surface area contributed by atoms with E-state index in [0.717, 1.165) is 12.8 Å². The van der Waals surface area contributed by atoms with E-state index in [-0.39, 0.29) is 38.1 Å². The van der Waals surface area contributed by atoms with E-state index < -0.39 is 0 Å². The van der Waals surface area contributed by atoms with Gasteiger partial charge in [0.05, 0.1) is 12.2 Å². The summed E-state index contributed by atoms with van der Waals surface area (Å²) in [6.07, 6.45) is 1.61. The van der Waals surface area contributed by atoms with Crippen molar-refractivity contribution in [2.24, 2.45) is 0 Å². The van der Waals surface area contributed by atoms with Gasteiger partial charge in [0.15, 0.2) is 0 Å². The molecule has 2 nitrogen and oxygen atoms in total. The maximum atomic E-state index is 9.06. The van der Waals surface area contributed by atoms with Gasteiger partial charge in [-0.05, 0) is 19.8 Å². The van der Waals surface area contributed by atoms with Gasteiger partial charge in [0.1, 0.15) is 0 Å². The molecule has 3 heteroatoms. The molecule has 0 rings (SSSR count). The van der Waals surface area contributed by atoms with Gasteiger partial charge in [-0.2, -0.15) is 0 Å². The standard InChI is InChI=1S/C7H16O2.Sc/c1-3-4-7(9)5-6(2)8;/h6-9H,3-5H2,1-2H3;. The summed E-state index contributed by atoms with van der Waals surface area (Å²) < 4.78 is 0. The third kappa shape index (κ3) is 8.79. The molecular weight excluding hydrogens is 161 g/mol. The minimum atomic E-state index is -0.369. The molecule has 0 aliphatic rings. The van der Waals surface area contributed by atoms with Crippen LogP contribution in [0.1, 0.15) is 33.1 Å². The molecule has 0 saturated carbocycles. The van der Waals surface area contributed by atoms with Crippen molar-refractivity contribution < 1.29 is 36.1 Å². The summed E-state index contributed by atoms with van der Waals surface area (Å²) in [7, 11) is 0. The first-order valence-electron chi connectivity index (χ1n) is 3.53. The topological polar surface area (TPSA) is 40.5 Å². The zero-order valence-corrected chi connectivity index (χ0v) is 8.55. The predicted octanol–water partition coefficient (Wildman–Crippen LogP) is 0.916. The van der Waals surface area contributed by atoms with Gasteiger partial charge in [-0.1, -0.05) is 13.3 Å². The molecule has 0 saturated heterocycles. The molecule has 2 atom stereocenters. The van der Waals surface area contributed by atoms with E-state index in [4.69, 9.17) is 10.2 Å². The van der Waals surface area contributed by atoms with Crippen LogP contribution in [0.15, 0.2) is 0 Å². The van der Waals surface area contributed by atoms with Crippen molar-refractivity contribution in [1.82, 2.24) is 0 Å².